The van der Waals surface area contributed by atoms with Gasteiger partial charge in [0, 0.05) is 46.8 Å². The molecule has 3 fully saturated rings. The van der Waals surface area contributed by atoms with Gasteiger partial charge in [-0.15, -0.1) is 0 Å². The molecule has 1 amide bonds. The minimum absolute atomic E-state index is 0.0158. The molecular weight excluding hydrogens is 1230 g/mol. The number of aromatic amines is 2. The highest BCUT2D eigenvalue weighted by atomic mass is 31.3. The van der Waals surface area contributed by atoms with Gasteiger partial charge in [-0.3, -0.25) is 51.7 Å². The molecule has 85 heavy (non-hydrogen) atoms. The lowest BCUT2D eigenvalue weighted by atomic mass is 9.93. The highest BCUT2D eigenvalue weighted by molar-refractivity contribution is 7.66. The summed E-state index contributed by atoms with van der Waals surface area (Å²) in [5, 5.41) is 33.8. The third kappa shape index (κ3) is 13.4. The zero-order valence-electron chi connectivity index (χ0n) is 44.8. The Bertz CT molecular complexity index is 3750. The van der Waals surface area contributed by atoms with E-state index in [0.717, 1.165) is 30.7 Å². The van der Waals surface area contributed by atoms with Crippen molar-refractivity contribution in [3.05, 3.63) is 46.0 Å². The van der Waals surface area contributed by atoms with Crippen LogP contribution in [0.1, 0.15) is 25.1 Å². The molecule has 9 rings (SSSR count). The highest BCUT2D eigenvalue weighted by Crippen LogP contribution is 2.68. The number of fused-ring (bicyclic) bond motifs is 3. The van der Waals surface area contributed by atoms with Crippen LogP contribution >= 0.6 is 31.1 Å². The van der Waals surface area contributed by atoms with Crippen molar-refractivity contribution < 1.29 is 113 Å². The first-order valence-electron chi connectivity index (χ1n) is 25.0. The van der Waals surface area contributed by atoms with Crippen LogP contribution in [-0.4, -0.2) is 215 Å². The molecule has 3 saturated heterocycles. The van der Waals surface area contributed by atoms with Gasteiger partial charge in [-0.1, -0.05) is 4.98 Å². The van der Waals surface area contributed by atoms with Crippen molar-refractivity contribution in [3.8, 4) is 0 Å². The van der Waals surface area contributed by atoms with Crippen LogP contribution in [0.2, 0.25) is 0 Å². The molecule has 9 heterocycles. The molecule has 15 N–H and O–H groups in total. The van der Waals surface area contributed by atoms with E-state index in [1.165, 1.54) is 46.2 Å². The first-order valence-corrected chi connectivity index (χ1v) is 31.1. The molecule has 0 saturated carbocycles. The Morgan fingerprint density at radius 1 is 0.718 bits per heavy atom. The van der Waals surface area contributed by atoms with Crippen LogP contribution in [0.15, 0.2) is 34.9 Å². The number of carbonyl (C=O) groups excluding carboxylic acids is 1. The highest BCUT2D eigenvalue weighted by Gasteiger charge is 2.58. The number of anilines is 3. The van der Waals surface area contributed by atoms with Gasteiger partial charge < -0.3 is 89.9 Å². The Morgan fingerprint density at radius 2 is 1.31 bits per heavy atom. The van der Waals surface area contributed by atoms with E-state index in [9.17, 15) is 67.5 Å². The number of hydrogen-bond donors (Lipinski definition) is 12. The quantitative estimate of drug-likeness (QED) is 0.0183. The number of imidazole rings is 3. The fourth-order valence-electron chi connectivity index (χ4n) is 9.92. The molecule has 468 valence electrons. The number of H-pyrrole nitrogens is 2. The number of aliphatic hydroxyl groups is 3. The number of carbonyl (C=O) groups is 1. The minimum Gasteiger partial charge on any atom is -0.387 e. The normalized spacial score (nSPS) is 28.2. The zero-order chi connectivity index (χ0) is 61.7. The molecule has 6 aromatic heterocycles. The lowest BCUT2D eigenvalue weighted by molar-refractivity contribution is -0.745. The molecule has 16 atom stereocenters. The van der Waals surface area contributed by atoms with Gasteiger partial charge in [0.1, 0.15) is 54.1 Å². The standard InChI is InChI=1S/C40H58N16O25P4/c1-52-16-56(33-24(52)35(62)51-40(43)49-33)36-25(58)17(9-21(57)53(5-7-71-2)6-8-72-3)18(77-36)10-75-83(65,66)80-85(69,70)81-84(67,68)76-12-20-29(28(73-4)38(79-20)54-14-46-22-30(41)44-13-45-31(22)54)82(63,64)74-11-19-26(59)27(60)37(78-19)55-15-47-23-32(55)48-39(42)50-34(23)61/h13-20,25-29,36-38,58-60H,5-12H2,1-4H3,(H11-,41,42,43,44,45,48,49,50,51,61,62,63,64,65,66,67,68,69,70)/p+1/t17-,18-,19-,20?,25-,26-,27-,28-,29-,36?,37-,38-/m1/s1. The summed E-state index contributed by atoms with van der Waals surface area (Å²) in [6.07, 6.45) is -12.6. The number of aryl methyl sites for hydroxylation is 1. The van der Waals surface area contributed by atoms with E-state index in [1.54, 1.807) is 0 Å². The van der Waals surface area contributed by atoms with Gasteiger partial charge in [-0.05, 0) is 0 Å². The van der Waals surface area contributed by atoms with Crippen LogP contribution in [0.4, 0.5) is 17.7 Å². The van der Waals surface area contributed by atoms with Crippen molar-refractivity contribution >= 4 is 88.2 Å². The Balaban J connectivity index is 0.903. The van der Waals surface area contributed by atoms with E-state index >= 15 is 0 Å². The Kier molecular flexibility index (Phi) is 18.9. The molecule has 0 radical (unpaired) electrons. The van der Waals surface area contributed by atoms with Gasteiger partial charge in [-0.2, -0.15) is 13.6 Å². The summed E-state index contributed by atoms with van der Waals surface area (Å²) in [6, 6.07) is 0. The van der Waals surface area contributed by atoms with E-state index in [-0.39, 0.29) is 77.5 Å². The number of aliphatic hydroxyl groups excluding tert-OH is 3. The van der Waals surface area contributed by atoms with Gasteiger partial charge in [0.2, 0.25) is 23.6 Å². The monoisotopic (exact) mass is 1290 g/mol. The summed E-state index contributed by atoms with van der Waals surface area (Å²) in [6.45, 7) is -3.09. The van der Waals surface area contributed by atoms with Crippen molar-refractivity contribution in [2.75, 3.05) is 84.7 Å². The summed E-state index contributed by atoms with van der Waals surface area (Å²) < 4.78 is 118. The molecule has 0 aromatic carbocycles. The first-order chi connectivity index (χ1) is 40.1. The second kappa shape index (κ2) is 25.2. The van der Waals surface area contributed by atoms with Crippen LogP contribution in [0.5, 0.6) is 0 Å². The summed E-state index contributed by atoms with van der Waals surface area (Å²) in [5.74, 6) is -2.65. The fraction of sp³-hybridized carbons (Fsp3) is 0.600. The summed E-state index contributed by atoms with van der Waals surface area (Å²) in [7, 11) is -18.3. The van der Waals surface area contributed by atoms with E-state index in [2.05, 4.69) is 48.5 Å². The van der Waals surface area contributed by atoms with Gasteiger partial charge in [0.05, 0.1) is 58.8 Å². The van der Waals surface area contributed by atoms with E-state index in [1.807, 2.05) is 0 Å². The van der Waals surface area contributed by atoms with Gasteiger partial charge >= 0.3 is 36.7 Å². The number of ether oxygens (including phenoxy) is 6. The number of phosphoric acid groups is 3. The van der Waals surface area contributed by atoms with Crippen molar-refractivity contribution in [1.29, 1.82) is 0 Å². The van der Waals surface area contributed by atoms with Crippen molar-refractivity contribution in [2.24, 2.45) is 13.0 Å². The van der Waals surface area contributed by atoms with Gasteiger partial charge in [0.15, 0.2) is 41.4 Å². The number of phosphoric ester groups is 2. The fourth-order valence-corrected chi connectivity index (χ4v) is 15.2. The number of nitrogen functional groups attached to an aromatic ring is 3. The van der Waals surface area contributed by atoms with Crippen LogP contribution < -0.4 is 32.9 Å². The average molecular weight is 1290 g/mol. The maximum atomic E-state index is 14.5. The molecular formula is C40H59N16O25P4+. The zero-order valence-corrected chi connectivity index (χ0v) is 48.4. The van der Waals surface area contributed by atoms with Crippen LogP contribution in [-0.2, 0) is 80.7 Å². The Morgan fingerprint density at radius 3 is 1.95 bits per heavy atom. The molecule has 0 bridgehead atoms. The maximum Gasteiger partial charge on any atom is 0.490 e. The molecule has 3 aliphatic rings. The topological polar surface area (TPSA) is 572 Å². The Labute approximate surface area is 475 Å². The number of rotatable bonds is 26. The molecule has 45 heteroatoms. The molecule has 3 aliphatic heterocycles. The molecule has 41 nitrogen and oxygen atoms in total. The van der Waals surface area contributed by atoms with E-state index in [0.29, 0.717) is 0 Å². The molecule has 0 spiro atoms. The van der Waals surface area contributed by atoms with Crippen molar-refractivity contribution in [2.45, 2.75) is 73.5 Å². The van der Waals surface area contributed by atoms with Crippen molar-refractivity contribution in [3.63, 3.8) is 0 Å². The average Bonchev–Trinajstić information content (AvgIpc) is 2.17. The smallest absolute Gasteiger partial charge is 0.387 e. The van der Waals surface area contributed by atoms with Crippen LogP contribution in [0.25, 0.3) is 33.5 Å². The third-order valence-electron chi connectivity index (χ3n) is 13.8. The van der Waals surface area contributed by atoms with E-state index in [4.69, 9.17) is 59.2 Å². The largest absolute Gasteiger partial charge is 0.490 e. The lowest BCUT2D eigenvalue weighted by Crippen LogP contribution is -2.46. The summed E-state index contributed by atoms with van der Waals surface area (Å²) in [5.41, 5.74) is 13.6. The Hall–Kier alpha value is -5.68. The van der Waals surface area contributed by atoms with Crippen LogP contribution in [0.3, 0.4) is 0 Å². The predicted octanol–water partition coefficient (Wildman–Crippen LogP) is -3.88. The molecule has 6 aromatic rings. The van der Waals surface area contributed by atoms with Gasteiger partial charge in [0.25, 0.3) is 17.1 Å². The SMILES string of the molecule is COCCN(CCOC)C(=O)C[C@@H]1[C@@H](COP(=O)(O)OP(=O)(O)OP(=O)(O)OCC2O[C@@H](n3cnc4c(N)ncnc43)[C@H](OC)[C@@H]2P(=O)(O)OC[C@H]2O[C@@H](n3cnc4c(=O)[nH]c(N)nc43)[C@H](O)[C@@H]2O)OC([n+]2cn(C)c3c(=O)[nH]c(N)nc32)[C@@H]1O. The predicted molar refractivity (Wildman–Crippen MR) is 280 cm³/mol. The molecule has 6 unspecified atom stereocenters. The number of aromatic nitrogens is 12. The lowest BCUT2D eigenvalue weighted by Gasteiger charge is -2.28. The minimum atomic E-state index is -6.30. The summed E-state index contributed by atoms with van der Waals surface area (Å²) in [4.78, 5) is 113. The number of nitrogens with zero attached hydrogens (tertiary/aromatic N) is 11. The summed E-state index contributed by atoms with van der Waals surface area (Å²) >= 11 is 0. The first kappa shape index (κ1) is 63.8. The number of hydrogen-bond acceptors (Lipinski definition) is 30. The number of amides is 1. The number of nitrogens with one attached hydrogen (secondary N) is 2. The molecule has 0 aliphatic carbocycles. The third-order valence-corrected chi connectivity index (χ3v) is 20.0. The van der Waals surface area contributed by atoms with Gasteiger partial charge in [-0.25, -0.2) is 38.2 Å². The van der Waals surface area contributed by atoms with Crippen LogP contribution in [0, 0.1) is 5.92 Å². The van der Waals surface area contributed by atoms with Crippen molar-refractivity contribution in [1.82, 2.24) is 58.5 Å². The second-order valence-electron chi connectivity index (χ2n) is 19.2. The number of nitrogens with two attached hydrogens (primary N) is 3. The number of methoxy groups -OCH3 is 3. The second-order valence-corrected chi connectivity index (χ2v) is 25.8. The maximum absolute atomic E-state index is 14.5. The van der Waals surface area contributed by atoms with E-state index < -0.39 is 147 Å².